The number of nitrogens with zero attached hydrogens (tertiary/aromatic N) is 7. The lowest BCUT2D eigenvalue weighted by Crippen LogP contribution is -2.33. The predicted molar refractivity (Wildman–Crippen MR) is 127 cm³/mol. The van der Waals surface area contributed by atoms with Gasteiger partial charge in [-0.25, -0.2) is 9.78 Å². The first-order valence-electron chi connectivity index (χ1n) is 11.3. The first kappa shape index (κ1) is 23.7. The molecule has 0 aliphatic heterocycles. The number of methoxy groups -OCH3 is 1. The van der Waals surface area contributed by atoms with Crippen molar-refractivity contribution in [1.29, 1.82) is 0 Å². The number of H-pyrrole nitrogens is 1. The van der Waals surface area contributed by atoms with Gasteiger partial charge in [-0.05, 0) is 41.5 Å². The fraction of sp³-hybridized carbons (Fsp3) is 0.292. The number of esters is 1. The van der Waals surface area contributed by atoms with Crippen LogP contribution in [0.5, 0.6) is 0 Å². The van der Waals surface area contributed by atoms with Gasteiger partial charge in [0.05, 0.1) is 31.1 Å². The van der Waals surface area contributed by atoms with Gasteiger partial charge in [-0.1, -0.05) is 36.6 Å². The number of amides is 1. The Labute approximate surface area is 202 Å². The number of imidazole rings is 1. The molecule has 11 heteroatoms. The summed E-state index contributed by atoms with van der Waals surface area (Å²) in [6, 6.07) is 12.6. The average molecular weight is 475 g/mol. The van der Waals surface area contributed by atoms with E-state index < -0.39 is 5.97 Å². The molecule has 3 heterocycles. The normalized spacial score (nSPS) is 10.8. The van der Waals surface area contributed by atoms with E-state index in [9.17, 15) is 9.59 Å². The number of anilines is 1. The molecule has 4 rings (SSSR count). The van der Waals surface area contributed by atoms with Crippen LogP contribution in [0.15, 0.2) is 54.9 Å². The minimum atomic E-state index is -0.399. The van der Waals surface area contributed by atoms with E-state index in [4.69, 9.17) is 4.74 Å². The molecule has 0 radical (unpaired) electrons. The van der Waals surface area contributed by atoms with Gasteiger partial charge >= 0.3 is 5.97 Å². The van der Waals surface area contributed by atoms with Crippen molar-refractivity contribution in [2.45, 2.75) is 39.3 Å². The van der Waals surface area contributed by atoms with Crippen LogP contribution >= 0.6 is 0 Å². The van der Waals surface area contributed by atoms with Crippen molar-refractivity contribution in [3.8, 4) is 0 Å². The van der Waals surface area contributed by atoms with Crippen molar-refractivity contribution in [3.05, 3.63) is 83.2 Å². The maximum Gasteiger partial charge on any atom is 0.337 e. The van der Waals surface area contributed by atoms with E-state index in [1.165, 1.54) is 12.0 Å². The summed E-state index contributed by atoms with van der Waals surface area (Å²) in [5.74, 6) is 0.228. The highest BCUT2D eigenvalue weighted by molar-refractivity contribution is 6.03. The number of hydrogen-bond donors (Lipinski definition) is 1. The molecule has 0 saturated heterocycles. The average Bonchev–Trinajstić information content (AvgIpc) is 3.57. The summed E-state index contributed by atoms with van der Waals surface area (Å²) in [7, 11) is 1.35. The van der Waals surface area contributed by atoms with Gasteiger partial charge in [0.2, 0.25) is 0 Å². The molecule has 0 saturated carbocycles. The summed E-state index contributed by atoms with van der Waals surface area (Å²) in [6.07, 6.45) is 5.92. The first-order chi connectivity index (χ1) is 17.1. The quantitative estimate of drug-likeness (QED) is 0.347. The highest BCUT2D eigenvalue weighted by atomic mass is 16.5. The number of carbonyl (C=O) groups is 2. The Hall–Kier alpha value is -4.41. The molecule has 1 amide bonds. The molecular weight excluding hydrogens is 448 g/mol. The van der Waals surface area contributed by atoms with E-state index in [0.717, 1.165) is 30.7 Å². The van der Waals surface area contributed by atoms with Crippen LogP contribution in [0.2, 0.25) is 0 Å². The summed E-state index contributed by atoms with van der Waals surface area (Å²) in [5, 5.41) is 14.1. The number of unbranched alkanes of at least 4 members (excludes halogenated alkanes) is 1. The van der Waals surface area contributed by atoms with Gasteiger partial charge in [-0.2, -0.15) is 5.21 Å². The Bertz CT molecular complexity index is 1250. The van der Waals surface area contributed by atoms with Crippen LogP contribution in [0.4, 0.5) is 5.95 Å². The van der Waals surface area contributed by atoms with E-state index in [1.54, 1.807) is 24.5 Å². The molecule has 0 atom stereocenters. The standard InChI is InChI=1S/C24H26N8O3/c1-3-4-8-21-26-14-20(31(21)15-17-9-11-18(12-10-17)23(34)35-2)22(33)32(24-27-29-30-28-24)16-19-7-5-6-13-25-19/h5-7,9-14H,3-4,8,15-16H2,1-2H3,(H,27,28,29,30). The highest BCUT2D eigenvalue weighted by Crippen LogP contribution is 2.19. The van der Waals surface area contributed by atoms with Gasteiger partial charge in [-0.3, -0.25) is 14.7 Å². The minimum absolute atomic E-state index is 0.144. The smallest absolute Gasteiger partial charge is 0.337 e. The van der Waals surface area contributed by atoms with Gasteiger partial charge in [0, 0.05) is 19.2 Å². The third-order valence-electron chi connectivity index (χ3n) is 5.49. The van der Waals surface area contributed by atoms with Crippen molar-refractivity contribution in [2.24, 2.45) is 0 Å². The number of pyridine rings is 1. The fourth-order valence-corrected chi connectivity index (χ4v) is 3.64. The number of aromatic nitrogens is 7. The monoisotopic (exact) mass is 474 g/mol. The van der Waals surface area contributed by atoms with Crippen molar-refractivity contribution in [3.63, 3.8) is 0 Å². The maximum absolute atomic E-state index is 13.8. The van der Waals surface area contributed by atoms with E-state index in [1.807, 2.05) is 34.9 Å². The molecule has 0 unspecified atom stereocenters. The zero-order valence-corrected chi connectivity index (χ0v) is 19.6. The Morgan fingerprint density at radius 1 is 1.11 bits per heavy atom. The van der Waals surface area contributed by atoms with Gasteiger partial charge in [0.25, 0.3) is 11.9 Å². The third-order valence-corrected chi connectivity index (χ3v) is 5.49. The van der Waals surface area contributed by atoms with Crippen LogP contribution in [-0.2, 0) is 24.2 Å². The number of rotatable bonds is 10. The van der Waals surface area contributed by atoms with Crippen molar-refractivity contribution in [2.75, 3.05) is 12.0 Å². The number of aryl methyl sites for hydroxylation is 1. The number of carbonyl (C=O) groups excluding carboxylic acids is 2. The second-order valence-electron chi connectivity index (χ2n) is 7.86. The Morgan fingerprint density at radius 2 is 1.94 bits per heavy atom. The first-order valence-corrected chi connectivity index (χ1v) is 11.3. The zero-order chi connectivity index (χ0) is 24.6. The van der Waals surface area contributed by atoms with Crippen LogP contribution in [0, 0.1) is 0 Å². The van der Waals surface area contributed by atoms with E-state index in [0.29, 0.717) is 23.5 Å². The molecule has 180 valence electrons. The van der Waals surface area contributed by atoms with Crippen LogP contribution in [0.3, 0.4) is 0 Å². The predicted octanol–water partition coefficient (Wildman–Crippen LogP) is 2.82. The molecule has 11 nitrogen and oxygen atoms in total. The van der Waals surface area contributed by atoms with Gasteiger partial charge in [0.15, 0.2) is 0 Å². The molecule has 0 bridgehead atoms. The second-order valence-corrected chi connectivity index (χ2v) is 7.86. The molecule has 4 aromatic rings. The summed E-state index contributed by atoms with van der Waals surface area (Å²) >= 11 is 0. The number of hydrogen-bond acceptors (Lipinski definition) is 8. The van der Waals surface area contributed by atoms with Crippen LogP contribution in [0.1, 0.15) is 57.7 Å². The lowest BCUT2D eigenvalue weighted by Gasteiger charge is -2.20. The lowest BCUT2D eigenvalue weighted by atomic mass is 10.1. The molecule has 0 fully saturated rings. The van der Waals surface area contributed by atoms with E-state index >= 15 is 0 Å². The Balaban J connectivity index is 1.67. The zero-order valence-electron chi connectivity index (χ0n) is 19.6. The highest BCUT2D eigenvalue weighted by Gasteiger charge is 2.26. The number of benzene rings is 1. The van der Waals surface area contributed by atoms with Gasteiger partial charge < -0.3 is 9.30 Å². The molecule has 0 aliphatic carbocycles. The second kappa shape index (κ2) is 11.1. The lowest BCUT2D eigenvalue weighted by molar-refractivity contribution is 0.0600. The molecule has 35 heavy (non-hydrogen) atoms. The Kier molecular flexibility index (Phi) is 7.56. The van der Waals surface area contributed by atoms with Crippen molar-refractivity contribution in [1.82, 2.24) is 35.2 Å². The SMILES string of the molecule is CCCCc1ncc(C(=O)N(Cc2ccccn2)c2nn[nH]n2)n1Cc1ccc(C(=O)OC)cc1. The van der Waals surface area contributed by atoms with Crippen LogP contribution in [-0.4, -0.2) is 54.1 Å². The molecular formula is C24H26N8O3. The fourth-order valence-electron chi connectivity index (χ4n) is 3.64. The van der Waals surface area contributed by atoms with E-state index in [2.05, 4.69) is 37.5 Å². The van der Waals surface area contributed by atoms with Gasteiger partial charge in [0.1, 0.15) is 11.5 Å². The van der Waals surface area contributed by atoms with Crippen LogP contribution in [0.25, 0.3) is 0 Å². The largest absolute Gasteiger partial charge is 0.465 e. The topological polar surface area (TPSA) is 132 Å². The number of tetrazole rings is 1. The minimum Gasteiger partial charge on any atom is -0.465 e. The van der Waals surface area contributed by atoms with Crippen molar-refractivity contribution >= 4 is 17.8 Å². The number of nitrogens with one attached hydrogen (secondary N) is 1. The summed E-state index contributed by atoms with van der Waals surface area (Å²) < 4.78 is 6.68. The summed E-state index contributed by atoms with van der Waals surface area (Å²) in [5.41, 5.74) is 2.46. The van der Waals surface area contributed by atoms with Gasteiger partial charge in [-0.15, -0.1) is 5.10 Å². The third kappa shape index (κ3) is 5.57. The van der Waals surface area contributed by atoms with E-state index in [-0.39, 0.29) is 18.4 Å². The molecule has 3 aromatic heterocycles. The molecule has 0 aliphatic rings. The Morgan fingerprint density at radius 3 is 2.60 bits per heavy atom. The maximum atomic E-state index is 13.8. The van der Waals surface area contributed by atoms with Crippen molar-refractivity contribution < 1.29 is 14.3 Å². The number of ether oxygens (including phenoxy) is 1. The summed E-state index contributed by atoms with van der Waals surface area (Å²) in [4.78, 5) is 35.9. The molecule has 0 spiro atoms. The molecule has 1 aromatic carbocycles. The summed E-state index contributed by atoms with van der Waals surface area (Å²) in [6.45, 7) is 2.68. The number of aromatic amines is 1. The van der Waals surface area contributed by atoms with Crippen LogP contribution < -0.4 is 4.90 Å². The molecule has 1 N–H and O–H groups in total.